The highest BCUT2D eigenvalue weighted by Crippen LogP contribution is 2.14. The van der Waals surface area contributed by atoms with E-state index in [2.05, 4.69) is 28.4 Å². The topological polar surface area (TPSA) is 60.0 Å². The third-order valence-corrected chi connectivity index (χ3v) is 3.67. The number of thioether (sulfide) groups is 1. The number of benzene rings is 2. The third kappa shape index (κ3) is 6.89. The molecule has 6 heteroatoms. The lowest BCUT2D eigenvalue weighted by Gasteiger charge is -2.01. The van der Waals surface area contributed by atoms with Crippen molar-refractivity contribution in [1.29, 1.82) is 0 Å². The standard InChI is InChI=1S/C18H19N3OS.ClH/c1-22-17-12-6-5-11-16(17)14-20-21-18(19)23-13-7-10-15-8-3-2-4-9-15;/h2-12,14H,13H2,1H3,(H2,19,21);1H/b10-7+,20-14+;. The Bertz CT molecular complexity index is 702. The largest absolute Gasteiger partial charge is 0.496 e. The molecule has 0 radical (unpaired) electrons. The number of hydrogen-bond donors (Lipinski definition) is 1. The minimum atomic E-state index is 0. The maximum absolute atomic E-state index is 5.82. The molecule has 126 valence electrons. The summed E-state index contributed by atoms with van der Waals surface area (Å²) in [5.41, 5.74) is 7.85. The Hall–Kier alpha value is -2.24. The van der Waals surface area contributed by atoms with Crippen LogP contribution in [0, 0.1) is 0 Å². The van der Waals surface area contributed by atoms with Gasteiger partial charge in [-0.05, 0) is 17.7 Å². The van der Waals surface area contributed by atoms with Gasteiger partial charge in [0, 0.05) is 11.3 Å². The summed E-state index contributed by atoms with van der Waals surface area (Å²) in [6.45, 7) is 0. The van der Waals surface area contributed by atoms with Crippen molar-refractivity contribution in [3.63, 3.8) is 0 Å². The van der Waals surface area contributed by atoms with Crippen LogP contribution in [0.25, 0.3) is 6.08 Å². The van der Waals surface area contributed by atoms with Crippen LogP contribution < -0.4 is 10.5 Å². The van der Waals surface area contributed by atoms with Crippen LogP contribution >= 0.6 is 24.2 Å². The molecule has 24 heavy (non-hydrogen) atoms. The van der Waals surface area contributed by atoms with Crippen molar-refractivity contribution in [2.45, 2.75) is 0 Å². The van der Waals surface area contributed by atoms with Gasteiger partial charge in [-0.2, -0.15) is 5.10 Å². The Balaban J connectivity index is 0.00000288. The van der Waals surface area contributed by atoms with E-state index in [4.69, 9.17) is 10.5 Å². The first-order valence-corrected chi connectivity index (χ1v) is 8.12. The lowest BCUT2D eigenvalue weighted by Crippen LogP contribution is -2.05. The molecule has 0 unspecified atom stereocenters. The van der Waals surface area contributed by atoms with Gasteiger partial charge in [0.2, 0.25) is 0 Å². The summed E-state index contributed by atoms with van der Waals surface area (Å²) in [6.07, 6.45) is 5.73. The van der Waals surface area contributed by atoms with E-state index in [1.807, 2.05) is 48.5 Å². The molecule has 0 saturated carbocycles. The zero-order chi connectivity index (χ0) is 16.3. The van der Waals surface area contributed by atoms with Crippen LogP contribution in [0.4, 0.5) is 0 Å². The Morgan fingerprint density at radius 3 is 2.58 bits per heavy atom. The Morgan fingerprint density at radius 2 is 1.83 bits per heavy atom. The number of methoxy groups -OCH3 is 1. The second-order valence-electron chi connectivity index (χ2n) is 4.55. The quantitative estimate of drug-likeness (QED) is 0.476. The highest BCUT2D eigenvalue weighted by molar-refractivity contribution is 8.13. The van der Waals surface area contributed by atoms with Gasteiger partial charge in [-0.15, -0.1) is 17.5 Å². The van der Waals surface area contributed by atoms with Crippen molar-refractivity contribution in [3.05, 3.63) is 71.8 Å². The molecule has 2 rings (SSSR count). The SMILES string of the molecule is COc1ccccc1/C=N/N=C(\N)SC/C=C/c1ccccc1.Cl. The van der Waals surface area contributed by atoms with Gasteiger partial charge in [0.1, 0.15) is 5.75 Å². The third-order valence-electron chi connectivity index (χ3n) is 2.93. The first-order chi connectivity index (χ1) is 11.3. The average molecular weight is 362 g/mol. The molecule has 0 amide bonds. The lowest BCUT2D eigenvalue weighted by atomic mass is 10.2. The van der Waals surface area contributed by atoms with E-state index >= 15 is 0 Å². The maximum Gasteiger partial charge on any atom is 0.180 e. The number of para-hydroxylation sites is 1. The predicted octanol–water partition coefficient (Wildman–Crippen LogP) is 4.21. The summed E-state index contributed by atoms with van der Waals surface area (Å²) < 4.78 is 5.24. The fraction of sp³-hybridized carbons (Fsp3) is 0.111. The van der Waals surface area contributed by atoms with Gasteiger partial charge in [-0.1, -0.05) is 66.4 Å². The second kappa shape index (κ2) is 11.3. The number of nitrogens with two attached hydrogens (primary N) is 1. The van der Waals surface area contributed by atoms with Crippen LogP contribution in [0.3, 0.4) is 0 Å². The molecule has 4 nitrogen and oxygen atoms in total. The smallest absolute Gasteiger partial charge is 0.180 e. The first kappa shape index (κ1) is 19.8. The van der Waals surface area contributed by atoms with Crippen molar-refractivity contribution < 1.29 is 4.74 Å². The molecule has 0 aliphatic rings. The van der Waals surface area contributed by atoms with Crippen molar-refractivity contribution in [2.24, 2.45) is 15.9 Å². The minimum Gasteiger partial charge on any atom is -0.496 e. The van der Waals surface area contributed by atoms with Crippen LogP contribution in [-0.4, -0.2) is 24.2 Å². The molecule has 0 aliphatic carbocycles. The minimum absolute atomic E-state index is 0. The number of amidine groups is 1. The fourth-order valence-electron chi connectivity index (χ4n) is 1.83. The molecule has 2 aromatic carbocycles. The highest BCUT2D eigenvalue weighted by atomic mass is 35.5. The van der Waals surface area contributed by atoms with Crippen molar-refractivity contribution >= 4 is 41.6 Å². The normalized spacial score (nSPS) is 11.6. The molecular weight excluding hydrogens is 342 g/mol. The second-order valence-corrected chi connectivity index (χ2v) is 5.59. The summed E-state index contributed by atoms with van der Waals surface area (Å²) in [7, 11) is 1.62. The van der Waals surface area contributed by atoms with Gasteiger partial charge < -0.3 is 10.5 Å². The molecule has 2 aromatic rings. The summed E-state index contributed by atoms with van der Waals surface area (Å²) >= 11 is 1.44. The molecule has 0 saturated heterocycles. The zero-order valence-electron chi connectivity index (χ0n) is 13.3. The number of nitrogens with zero attached hydrogens (tertiary/aromatic N) is 2. The summed E-state index contributed by atoms with van der Waals surface area (Å²) in [6, 6.07) is 17.7. The van der Waals surface area contributed by atoms with E-state index in [0.717, 1.165) is 22.6 Å². The van der Waals surface area contributed by atoms with Gasteiger partial charge in [-0.25, -0.2) is 0 Å². The lowest BCUT2D eigenvalue weighted by molar-refractivity contribution is 0.414. The molecule has 0 aromatic heterocycles. The van der Waals surface area contributed by atoms with E-state index in [-0.39, 0.29) is 12.4 Å². The maximum atomic E-state index is 5.82. The summed E-state index contributed by atoms with van der Waals surface area (Å²) in [5.74, 6) is 1.50. The van der Waals surface area contributed by atoms with Gasteiger partial charge in [0.25, 0.3) is 0 Å². The van der Waals surface area contributed by atoms with Crippen molar-refractivity contribution in [2.75, 3.05) is 12.9 Å². The zero-order valence-corrected chi connectivity index (χ0v) is 15.0. The van der Waals surface area contributed by atoms with Crippen LogP contribution in [0.15, 0.2) is 70.9 Å². The molecular formula is C18H20ClN3OS. The molecule has 0 aliphatic heterocycles. The summed E-state index contributed by atoms with van der Waals surface area (Å²) in [5, 5.41) is 8.40. The Kier molecular flexibility index (Phi) is 9.34. The number of hydrogen-bond acceptors (Lipinski definition) is 4. The van der Waals surface area contributed by atoms with Gasteiger partial charge in [0.05, 0.1) is 13.3 Å². The summed E-state index contributed by atoms with van der Waals surface area (Å²) in [4.78, 5) is 0. The first-order valence-electron chi connectivity index (χ1n) is 7.13. The average Bonchev–Trinajstić information content (AvgIpc) is 2.60. The Morgan fingerprint density at radius 1 is 1.12 bits per heavy atom. The van der Waals surface area contributed by atoms with Gasteiger partial charge in [0.15, 0.2) is 5.17 Å². The van der Waals surface area contributed by atoms with Crippen LogP contribution in [0.2, 0.25) is 0 Å². The molecule has 2 N–H and O–H groups in total. The van der Waals surface area contributed by atoms with Crippen molar-refractivity contribution in [1.82, 2.24) is 0 Å². The molecule has 0 atom stereocenters. The van der Waals surface area contributed by atoms with Crippen LogP contribution in [0.5, 0.6) is 5.75 Å². The predicted molar refractivity (Wildman–Crippen MR) is 107 cm³/mol. The van der Waals surface area contributed by atoms with Gasteiger partial charge >= 0.3 is 0 Å². The van der Waals surface area contributed by atoms with E-state index in [0.29, 0.717) is 5.17 Å². The molecule has 0 bridgehead atoms. The van der Waals surface area contributed by atoms with Crippen LogP contribution in [0.1, 0.15) is 11.1 Å². The van der Waals surface area contributed by atoms with Crippen molar-refractivity contribution in [3.8, 4) is 5.75 Å². The number of halogens is 1. The van der Waals surface area contributed by atoms with E-state index < -0.39 is 0 Å². The Labute approximate surface area is 152 Å². The molecule has 0 fully saturated rings. The molecule has 0 heterocycles. The van der Waals surface area contributed by atoms with E-state index in [1.54, 1.807) is 13.3 Å². The highest BCUT2D eigenvalue weighted by Gasteiger charge is 1.97. The van der Waals surface area contributed by atoms with E-state index in [9.17, 15) is 0 Å². The monoisotopic (exact) mass is 361 g/mol. The number of rotatable bonds is 6. The molecule has 0 spiro atoms. The number of ether oxygens (including phenoxy) is 1. The fourth-order valence-corrected chi connectivity index (χ4v) is 2.30. The van der Waals surface area contributed by atoms with E-state index in [1.165, 1.54) is 11.8 Å². The van der Waals surface area contributed by atoms with Crippen LogP contribution in [-0.2, 0) is 0 Å². The van der Waals surface area contributed by atoms with Gasteiger partial charge in [-0.3, -0.25) is 0 Å².